The van der Waals surface area contributed by atoms with Gasteiger partial charge in [-0.05, 0) is 30.3 Å². The molecule has 4 rings (SSSR count). The lowest BCUT2D eigenvalue weighted by atomic mass is 10.1. The number of amides is 1. The Morgan fingerprint density at radius 1 is 1.11 bits per heavy atom. The molecule has 0 aliphatic rings. The van der Waals surface area contributed by atoms with E-state index in [0.717, 1.165) is 24.4 Å². The largest absolute Gasteiger partial charge is 0.419 e. The van der Waals surface area contributed by atoms with Crippen molar-refractivity contribution in [1.82, 2.24) is 24.7 Å². The molecule has 0 radical (unpaired) electrons. The van der Waals surface area contributed by atoms with Crippen LogP contribution in [-0.4, -0.2) is 30.6 Å². The Balaban J connectivity index is 1.79. The van der Waals surface area contributed by atoms with E-state index in [0.29, 0.717) is 5.69 Å². The number of hydrogen-bond donors (Lipinski definition) is 3. The Morgan fingerprint density at radius 3 is 2.57 bits per heavy atom. The molecule has 3 N–H and O–H groups in total. The number of anilines is 5. The van der Waals surface area contributed by atoms with Crippen LogP contribution in [0.3, 0.4) is 0 Å². The van der Waals surface area contributed by atoms with E-state index < -0.39 is 28.6 Å². The molecule has 190 valence electrons. The van der Waals surface area contributed by atoms with Crippen molar-refractivity contribution in [3.63, 3.8) is 0 Å². The highest BCUT2D eigenvalue weighted by Crippen LogP contribution is 2.38. The summed E-state index contributed by atoms with van der Waals surface area (Å²) in [5.74, 6) is -1.23. The number of aromatic nitrogens is 5. The molecule has 0 fully saturated rings. The van der Waals surface area contributed by atoms with E-state index in [9.17, 15) is 22.4 Å². The van der Waals surface area contributed by atoms with Crippen molar-refractivity contribution >= 4 is 46.3 Å². The lowest BCUT2D eigenvalue weighted by Gasteiger charge is -2.15. The Morgan fingerprint density at radius 2 is 1.89 bits per heavy atom. The van der Waals surface area contributed by atoms with Crippen LogP contribution < -0.4 is 16.0 Å². The smallest absolute Gasteiger partial charge is 0.337 e. The van der Waals surface area contributed by atoms with Gasteiger partial charge in [-0.3, -0.25) is 9.48 Å². The number of rotatable bonds is 7. The fourth-order valence-electron chi connectivity index (χ4n) is 3.18. The number of benzene rings is 1. The third-order valence-electron chi connectivity index (χ3n) is 4.88. The fraction of sp³-hybridized carbons (Fsp3) is 0.0870. The number of carbonyl (C=O) groups excluding carboxylic acids is 1. The number of halogens is 5. The molecule has 0 saturated carbocycles. The summed E-state index contributed by atoms with van der Waals surface area (Å²) >= 11 is 5.66. The van der Waals surface area contributed by atoms with Crippen LogP contribution in [0.25, 0.3) is 11.1 Å². The first kappa shape index (κ1) is 25.6. The van der Waals surface area contributed by atoms with Gasteiger partial charge in [0, 0.05) is 42.5 Å². The maximum absolute atomic E-state index is 14.7. The summed E-state index contributed by atoms with van der Waals surface area (Å²) in [4.78, 5) is 23.8. The Kier molecular flexibility index (Phi) is 7.07. The molecule has 3 heterocycles. The first-order valence-corrected chi connectivity index (χ1v) is 10.8. The number of nitrogens with one attached hydrogen (secondary N) is 3. The Hall–Kier alpha value is -4.52. The number of nitrogens with zero attached hydrogens (tertiary/aromatic N) is 5. The fourth-order valence-corrected chi connectivity index (χ4v) is 3.39. The third-order valence-corrected chi connectivity index (χ3v) is 5.18. The highest BCUT2D eigenvalue weighted by molar-refractivity contribution is 6.30. The summed E-state index contributed by atoms with van der Waals surface area (Å²) in [6.07, 6.45) is 1.80. The molecule has 0 atom stereocenters. The van der Waals surface area contributed by atoms with Gasteiger partial charge in [0.2, 0.25) is 11.9 Å². The van der Waals surface area contributed by atoms with E-state index in [4.69, 9.17) is 11.6 Å². The van der Waals surface area contributed by atoms with Crippen molar-refractivity contribution in [1.29, 1.82) is 0 Å². The number of pyridine rings is 1. The summed E-state index contributed by atoms with van der Waals surface area (Å²) < 4.78 is 56.6. The molecule has 4 aromatic rings. The van der Waals surface area contributed by atoms with E-state index in [1.807, 2.05) is 0 Å². The van der Waals surface area contributed by atoms with Crippen molar-refractivity contribution in [3.05, 3.63) is 78.2 Å². The molecule has 1 amide bonds. The molecule has 14 heteroatoms. The Bertz CT molecular complexity index is 1490. The minimum atomic E-state index is -4.76. The number of aryl methyl sites for hydroxylation is 1. The second-order valence-corrected chi connectivity index (χ2v) is 7.91. The molecule has 0 saturated heterocycles. The van der Waals surface area contributed by atoms with Gasteiger partial charge >= 0.3 is 6.18 Å². The molecule has 0 bridgehead atoms. The van der Waals surface area contributed by atoms with Crippen LogP contribution in [0.15, 0.2) is 61.7 Å². The van der Waals surface area contributed by atoms with Gasteiger partial charge in [0.05, 0.1) is 23.1 Å². The van der Waals surface area contributed by atoms with Gasteiger partial charge in [-0.1, -0.05) is 18.2 Å². The van der Waals surface area contributed by atoms with Gasteiger partial charge in [0.1, 0.15) is 16.8 Å². The van der Waals surface area contributed by atoms with Gasteiger partial charge in [0.15, 0.2) is 0 Å². The van der Waals surface area contributed by atoms with Crippen LogP contribution in [0.5, 0.6) is 0 Å². The minimum Gasteiger partial charge on any atom is -0.337 e. The third kappa shape index (κ3) is 6.01. The van der Waals surface area contributed by atoms with E-state index in [1.165, 1.54) is 29.2 Å². The highest BCUT2D eigenvalue weighted by Gasteiger charge is 2.34. The molecule has 0 spiro atoms. The van der Waals surface area contributed by atoms with E-state index in [-0.39, 0.29) is 34.3 Å². The van der Waals surface area contributed by atoms with Crippen LogP contribution in [0.2, 0.25) is 5.15 Å². The zero-order chi connectivity index (χ0) is 26.7. The van der Waals surface area contributed by atoms with Gasteiger partial charge in [-0.2, -0.15) is 23.3 Å². The lowest BCUT2D eigenvalue weighted by molar-refractivity contribution is -0.137. The highest BCUT2D eigenvalue weighted by atomic mass is 35.5. The SMILES string of the molecule is C=CC(=O)Nc1ccc(F)c(Nc2nc(Nc3cnn(C)c3)ncc2-c2cnc(Cl)c(C(F)(F)F)c2)c1. The normalized spacial score (nSPS) is 11.2. The lowest BCUT2D eigenvalue weighted by Crippen LogP contribution is -2.09. The maximum Gasteiger partial charge on any atom is 0.419 e. The molecular weight excluding hydrogens is 516 g/mol. The van der Waals surface area contributed by atoms with Crippen LogP contribution in [0.1, 0.15) is 5.56 Å². The van der Waals surface area contributed by atoms with Crippen molar-refractivity contribution < 1.29 is 22.4 Å². The van der Waals surface area contributed by atoms with E-state index >= 15 is 0 Å². The maximum atomic E-state index is 14.7. The summed E-state index contributed by atoms with van der Waals surface area (Å²) in [6.45, 7) is 3.36. The van der Waals surface area contributed by atoms with E-state index in [1.54, 1.807) is 13.2 Å². The predicted octanol–water partition coefficient (Wildman–Crippen LogP) is 5.70. The monoisotopic (exact) mass is 532 g/mol. The minimum absolute atomic E-state index is 0.0244. The van der Waals surface area contributed by atoms with Crippen molar-refractivity contribution in [2.45, 2.75) is 6.18 Å². The molecular formula is C23H17ClF4N8O. The molecule has 1 aromatic carbocycles. The van der Waals surface area contributed by atoms with Crippen LogP contribution >= 0.6 is 11.6 Å². The summed E-state index contributed by atoms with van der Waals surface area (Å²) in [5, 5.41) is 11.5. The summed E-state index contributed by atoms with van der Waals surface area (Å²) in [5.41, 5.74) is -0.447. The zero-order valence-corrected chi connectivity index (χ0v) is 19.7. The average Bonchev–Trinajstić information content (AvgIpc) is 3.25. The van der Waals surface area contributed by atoms with Gasteiger partial charge in [0.25, 0.3) is 0 Å². The molecule has 9 nitrogen and oxygen atoms in total. The van der Waals surface area contributed by atoms with Gasteiger partial charge in [-0.25, -0.2) is 14.4 Å². The van der Waals surface area contributed by atoms with Crippen LogP contribution in [0, 0.1) is 5.82 Å². The summed E-state index contributed by atoms with van der Waals surface area (Å²) in [7, 11) is 1.70. The molecule has 37 heavy (non-hydrogen) atoms. The Labute approximate surface area is 212 Å². The van der Waals surface area contributed by atoms with E-state index in [2.05, 4.69) is 42.6 Å². The van der Waals surface area contributed by atoms with Gasteiger partial charge in [-0.15, -0.1) is 0 Å². The summed E-state index contributed by atoms with van der Waals surface area (Å²) in [6, 6.07) is 4.52. The number of carbonyl (C=O) groups is 1. The first-order chi connectivity index (χ1) is 17.5. The van der Waals surface area contributed by atoms with Crippen LogP contribution in [-0.2, 0) is 18.0 Å². The second kappa shape index (κ2) is 10.2. The van der Waals surface area contributed by atoms with Crippen molar-refractivity contribution in [2.75, 3.05) is 16.0 Å². The number of alkyl halides is 3. The molecule has 0 aliphatic carbocycles. The molecule has 3 aromatic heterocycles. The zero-order valence-electron chi connectivity index (χ0n) is 18.9. The second-order valence-electron chi connectivity index (χ2n) is 7.56. The topological polar surface area (TPSA) is 110 Å². The first-order valence-electron chi connectivity index (χ1n) is 10.4. The molecule has 0 aliphatic heterocycles. The molecule has 0 unspecified atom stereocenters. The number of hydrogen-bond acceptors (Lipinski definition) is 7. The standard InChI is InChI=1S/C23H17ClF4N8O/c1-3-19(37)32-13-4-5-17(25)18(7-13)34-21-15(12-6-16(23(26,27)28)20(24)29-8-12)10-30-22(35-21)33-14-9-31-36(2)11-14/h3-11H,1H2,2H3,(H,32,37)(H2,30,33,34,35). The average molecular weight is 533 g/mol. The van der Waals surface area contributed by atoms with Crippen molar-refractivity contribution in [3.8, 4) is 11.1 Å². The van der Waals surface area contributed by atoms with Crippen molar-refractivity contribution in [2.24, 2.45) is 7.05 Å². The van der Waals surface area contributed by atoms with Gasteiger partial charge < -0.3 is 16.0 Å². The predicted molar refractivity (Wildman–Crippen MR) is 130 cm³/mol. The quantitative estimate of drug-likeness (QED) is 0.159. The van der Waals surface area contributed by atoms with Crippen LogP contribution in [0.4, 0.5) is 46.4 Å².